The van der Waals surface area contributed by atoms with Gasteiger partial charge in [-0.25, -0.2) is 0 Å². The van der Waals surface area contributed by atoms with Crippen LogP contribution in [0.2, 0.25) is 0 Å². The number of allylic oxidation sites excluding steroid dienone is 1. The van der Waals surface area contributed by atoms with E-state index >= 15 is 0 Å². The molecule has 0 radical (unpaired) electrons. The van der Waals surface area contributed by atoms with Gasteiger partial charge in [-0.3, -0.25) is 9.59 Å². The quantitative estimate of drug-likeness (QED) is 0.821. The second-order valence-corrected chi connectivity index (χ2v) is 5.72. The SMILES string of the molecule is Cc1coc2c1C(=O)C(=O)c1c-2ccc2c1CCC=C2CO. The lowest BCUT2D eigenvalue weighted by molar-refractivity contribution is 0.0813. The molecule has 4 heteroatoms. The number of furan rings is 1. The number of aliphatic hydroxyl groups excluding tert-OH is 1. The molecule has 0 atom stereocenters. The van der Waals surface area contributed by atoms with E-state index in [0.29, 0.717) is 34.4 Å². The lowest BCUT2D eigenvalue weighted by atomic mass is 9.79. The Balaban J connectivity index is 2.05. The van der Waals surface area contributed by atoms with Gasteiger partial charge in [-0.15, -0.1) is 0 Å². The average molecular weight is 294 g/mol. The second kappa shape index (κ2) is 4.52. The van der Waals surface area contributed by atoms with Crippen molar-refractivity contribution in [3.8, 4) is 11.3 Å². The van der Waals surface area contributed by atoms with Crippen LogP contribution in [0, 0.1) is 6.92 Å². The number of carbonyl (C=O) groups excluding carboxylic acids is 2. The van der Waals surface area contributed by atoms with E-state index in [1.807, 2.05) is 18.2 Å². The molecule has 1 N–H and O–H groups in total. The summed E-state index contributed by atoms with van der Waals surface area (Å²) in [6, 6.07) is 3.72. The van der Waals surface area contributed by atoms with Crippen molar-refractivity contribution in [3.63, 3.8) is 0 Å². The van der Waals surface area contributed by atoms with Crippen LogP contribution < -0.4 is 0 Å². The van der Waals surface area contributed by atoms with Gasteiger partial charge >= 0.3 is 0 Å². The van der Waals surface area contributed by atoms with E-state index in [1.165, 1.54) is 6.26 Å². The van der Waals surface area contributed by atoms with Gasteiger partial charge in [0.05, 0.1) is 18.4 Å². The highest BCUT2D eigenvalue weighted by atomic mass is 16.3. The molecule has 0 saturated carbocycles. The smallest absolute Gasteiger partial charge is 0.237 e. The van der Waals surface area contributed by atoms with E-state index < -0.39 is 11.6 Å². The molecule has 0 unspecified atom stereocenters. The van der Waals surface area contributed by atoms with E-state index in [4.69, 9.17) is 4.42 Å². The molecule has 0 fully saturated rings. The zero-order valence-corrected chi connectivity index (χ0v) is 12.1. The van der Waals surface area contributed by atoms with Crippen LogP contribution in [0.25, 0.3) is 16.9 Å². The Bertz CT molecular complexity index is 867. The molecule has 0 spiro atoms. The Labute approximate surface area is 127 Å². The van der Waals surface area contributed by atoms with Crippen molar-refractivity contribution in [1.82, 2.24) is 0 Å². The summed E-state index contributed by atoms with van der Waals surface area (Å²) in [5, 5.41) is 9.48. The van der Waals surface area contributed by atoms with E-state index in [1.54, 1.807) is 6.92 Å². The third-order valence-electron chi connectivity index (χ3n) is 4.49. The molecule has 2 aliphatic carbocycles. The zero-order chi connectivity index (χ0) is 15.4. The third-order valence-corrected chi connectivity index (χ3v) is 4.49. The zero-order valence-electron chi connectivity index (χ0n) is 12.1. The van der Waals surface area contributed by atoms with Crippen molar-refractivity contribution in [2.45, 2.75) is 19.8 Å². The number of carbonyl (C=O) groups is 2. The van der Waals surface area contributed by atoms with Crippen molar-refractivity contribution in [2.24, 2.45) is 0 Å². The van der Waals surface area contributed by atoms with Gasteiger partial charge in [-0.05, 0) is 48.1 Å². The van der Waals surface area contributed by atoms with Crippen LogP contribution in [-0.4, -0.2) is 23.3 Å². The summed E-state index contributed by atoms with van der Waals surface area (Å²) in [4.78, 5) is 25.0. The molecule has 4 rings (SSSR count). The van der Waals surface area contributed by atoms with Crippen LogP contribution in [-0.2, 0) is 6.42 Å². The number of aryl methyl sites for hydroxylation is 1. The van der Waals surface area contributed by atoms with Gasteiger partial charge in [0, 0.05) is 11.1 Å². The normalized spacial score (nSPS) is 16.0. The van der Waals surface area contributed by atoms with Crippen LogP contribution in [0.15, 0.2) is 28.9 Å². The van der Waals surface area contributed by atoms with Crippen molar-refractivity contribution < 1.29 is 19.1 Å². The highest BCUT2D eigenvalue weighted by Crippen LogP contribution is 2.41. The first-order valence-corrected chi connectivity index (χ1v) is 7.27. The average Bonchev–Trinajstić information content (AvgIpc) is 2.93. The van der Waals surface area contributed by atoms with Gasteiger partial charge in [-0.2, -0.15) is 0 Å². The molecule has 4 nitrogen and oxygen atoms in total. The summed E-state index contributed by atoms with van der Waals surface area (Å²) < 4.78 is 5.54. The van der Waals surface area contributed by atoms with Crippen LogP contribution >= 0.6 is 0 Å². The Kier molecular flexibility index (Phi) is 2.71. The number of Topliss-reactive ketones (excluding diaryl/α,β-unsaturated/α-hetero) is 2. The molecular weight excluding hydrogens is 280 g/mol. The number of hydrogen-bond acceptors (Lipinski definition) is 4. The largest absolute Gasteiger partial charge is 0.463 e. The van der Waals surface area contributed by atoms with Gasteiger partial charge in [0.2, 0.25) is 11.6 Å². The van der Waals surface area contributed by atoms with Crippen molar-refractivity contribution in [3.05, 3.63) is 52.3 Å². The molecule has 0 saturated heterocycles. The van der Waals surface area contributed by atoms with Gasteiger partial charge in [0.15, 0.2) is 0 Å². The second-order valence-electron chi connectivity index (χ2n) is 5.72. The Morgan fingerprint density at radius 2 is 1.86 bits per heavy atom. The fourth-order valence-corrected chi connectivity index (χ4v) is 3.46. The van der Waals surface area contributed by atoms with Crippen LogP contribution in [0.1, 0.15) is 43.8 Å². The molecule has 1 aromatic carbocycles. The molecular formula is C18H14O4. The maximum Gasteiger partial charge on any atom is 0.237 e. The lowest BCUT2D eigenvalue weighted by Crippen LogP contribution is -2.24. The number of rotatable bonds is 1. The van der Waals surface area contributed by atoms with Crippen molar-refractivity contribution >= 4 is 17.1 Å². The summed E-state index contributed by atoms with van der Waals surface area (Å²) in [6.45, 7) is 1.70. The molecule has 22 heavy (non-hydrogen) atoms. The van der Waals surface area contributed by atoms with Crippen LogP contribution in [0.3, 0.4) is 0 Å². The predicted octanol–water partition coefficient (Wildman–Crippen LogP) is 2.96. The molecule has 1 heterocycles. The number of aliphatic hydroxyl groups is 1. The first-order valence-electron chi connectivity index (χ1n) is 7.27. The summed E-state index contributed by atoms with van der Waals surface area (Å²) >= 11 is 0. The molecule has 0 aliphatic heterocycles. The molecule has 0 amide bonds. The number of benzene rings is 1. The topological polar surface area (TPSA) is 67.5 Å². The summed E-state index contributed by atoms with van der Waals surface area (Å²) in [7, 11) is 0. The van der Waals surface area contributed by atoms with E-state index in [2.05, 4.69) is 0 Å². The maximum atomic E-state index is 12.6. The van der Waals surface area contributed by atoms with Gasteiger partial charge < -0.3 is 9.52 Å². The number of fused-ring (bicyclic) bond motifs is 5. The lowest BCUT2D eigenvalue weighted by Gasteiger charge is -2.23. The summed E-state index contributed by atoms with van der Waals surface area (Å²) in [6.07, 6.45) is 4.94. The Morgan fingerprint density at radius 3 is 2.64 bits per heavy atom. The van der Waals surface area contributed by atoms with Crippen LogP contribution in [0.4, 0.5) is 0 Å². The third kappa shape index (κ3) is 1.56. The highest BCUT2D eigenvalue weighted by Gasteiger charge is 2.37. The van der Waals surface area contributed by atoms with Gasteiger partial charge in [0.1, 0.15) is 5.76 Å². The number of ketones is 2. The highest BCUT2D eigenvalue weighted by molar-refractivity contribution is 6.53. The molecule has 0 bridgehead atoms. The first-order chi connectivity index (χ1) is 10.6. The maximum absolute atomic E-state index is 12.6. The predicted molar refractivity (Wildman–Crippen MR) is 80.9 cm³/mol. The van der Waals surface area contributed by atoms with Crippen molar-refractivity contribution in [1.29, 1.82) is 0 Å². The van der Waals surface area contributed by atoms with Crippen LogP contribution in [0.5, 0.6) is 0 Å². The van der Waals surface area contributed by atoms with Gasteiger partial charge in [0.25, 0.3) is 0 Å². The number of hydrogen-bond donors (Lipinski definition) is 1. The Morgan fingerprint density at radius 1 is 1.14 bits per heavy atom. The van der Waals surface area contributed by atoms with E-state index in [9.17, 15) is 14.7 Å². The Hall–Kier alpha value is -2.46. The molecule has 2 aliphatic rings. The minimum atomic E-state index is -0.498. The summed E-state index contributed by atoms with van der Waals surface area (Å²) in [5.74, 6) is -0.481. The van der Waals surface area contributed by atoms with E-state index in [-0.39, 0.29) is 6.61 Å². The molecule has 2 aromatic rings. The molecule has 1 aromatic heterocycles. The fraction of sp³-hybridized carbons (Fsp3) is 0.222. The van der Waals surface area contributed by atoms with Crippen molar-refractivity contribution in [2.75, 3.05) is 6.61 Å². The summed E-state index contributed by atoms with van der Waals surface area (Å²) in [5.41, 5.74) is 4.72. The minimum absolute atomic E-state index is 0.0704. The fourth-order valence-electron chi connectivity index (χ4n) is 3.46. The first kappa shape index (κ1) is 13.2. The molecule has 110 valence electrons. The monoisotopic (exact) mass is 294 g/mol. The standard InChI is InChI=1S/C18H14O4/c1-9-8-22-18-13-6-5-11-10(7-19)3-2-4-12(11)15(13)17(21)16(20)14(9)18/h3,5-6,8,19H,2,4,7H2,1H3. The minimum Gasteiger partial charge on any atom is -0.463 e. The van der Waals surface area contributed by atoms with E-state index in [0.717, 1.165) is 23.1 Å². The van der Waals surface area contributed by atoms with Gasteiger partial charge in [-0.1, -0.05) is 12.1 Å².